The van der Waals surface area contributed by atoms with Gasteiger partial charge in [-0.3, -0.25) is 9.48 Å². The lowest BCUT2D eigenvalue weighted by Crippen LogP contribution is -2.37. The molecule has 94 valence electrons. The third-order valence-electron chi connectivity index (χ3n) is 3.21. The number of halogens is 1. The van der Waals surface area contributed by atoms with Gasteiger partial charge < -0.3 is 4.90 Å². The average Bonchev–Trinajstić information content (AvgIpc) is 2.68. The van der Waals surface area contributed by atoms with Crippen molar-refractivity contribution in [2.45, 2.75) is 31.6 Å². The maximum atomic E-state index is 12.2. The van der Waals surface area contributed by atoms with Crippen LogP contribution in [0.25, 0.3) is 0 Å². The van der Waals surface area contributed by atoms with E-state index in [1.165, 1.54) is 6.42 Å². The fraction of sp³-hybridized carbons (Fsp3) is 0.667. The van der Waals surface area contributed by atoms with Crippen LogP contribution in [0.3, 0.4) is 0 Å². The molecule has 1 amide bonds. The highest BCUT2D eigenvalue weighted by atomic mass is 35.5. The highest BCUT2D eigenvalue weighted by molar-refractivity contribution is 6.30. The number of aryl methyl sites for hydroxylation is 2. The summed E-state index contributed by atoms with van der Waals surface area (Å²) in [5, 5.41) is 3.63. The molecular weight excluding hydrogens is 238 g/mol. The van der Waals surface area contributed by atoms with Gasteiger partial charge in [-0.25, -0.2) is 0 Å². The van der Waals surface area contributed by atoms with E-state index in [0.717, 1.165) is 37.2 Å². The lowest BCUT2D eigenvalue weighted by atomic mass is 10.1. The maximum Gasteiger partial charge on any atom is 0.245 e. The topological polar surface area (TPSA) is 38.1 Å². The van der Waals surface area contributed by atoms with E-state index < -0.39 is 5.38 Å². The largest absolute Gasteiger partial charge is 0.341 e. The molecule has 0 aromatic carbocycles. The standard InChI is InChI=1S/C12H18ClN3O/c1-9-10(8-15(2)14-9)11(13)12(17)16-6-4-3-5-7-16/h8,11H,3-7H2,1-2H3. The molecule has 1 aromatic rings. The average molecular weight is 256 g/mol. The number of carbonyl (C=O) groups is 1. The first-order chi connectivity index (χ1) is 8.09. The number of hydrogen-bond donors (Lipinski definition) is 0. The van der Waals surface area contributed by atoms with Crippen molar-refractivity contribution in [3.05, 3.63) is 17.5 Å². The third kappa shape index (κ3) is 2.63. The summed E-state index contributed by atoms with van der Waals surface area (Å²) < 4.78 is 1.70. The summed E-state index contributed by atoms with van der Waals surface area (Å²) >= 11 is 6.26. The summed E-state index contributed by atoms with van der Waals surface area (Å²) in [6, 6.07) is 0. The Balaban J connectivity index is 2.11. The minimum Gasteiger partial charge on any atom is -0.341 e. The van der Waals surface area contributed by atoms with Crippen LogP contribution in [0, 0.1) is 6.92 Å². The quantitative estimate of drug-likeness (QED) is 0.759. The van der Waals surface area contributed by atoms with Gasteiger partial charge in [0.15, 0.2) is 0 Å². The number of aromatic nitrogens is 2. The summed E-state index contributed by atoms with van der Waals surface area (Å²) in [7, 11) is 1.84. The van der Waals surface area contributed by atoms with Crippen LogP contribution in [-0.2, 0) is 11.8 Å². The van der Waals surface area contributed by atoms with Crippen LogP contribution in [0.2, 0.25) is 0 Å². The van der Waals surface area contributed by atoms with Crippen LogP contribution in [0.1, 0.15) is 35.9 Å². The second-order valence-corrected chi connectivity index (χ2v) is 5.03. The Kier molecular flexibility index (Phi) is 3.72. The van der Waals surface area contributed by atoms with E-state index in [9.17, 15) is 4.79 Å². The van der Waals surface area contributed by atoms with E-state index in [4.69, 9.17) is 11.6 Å². The molecule has 1 unspecified atom stereocenters. The van der Waals surface area contributed by atoms with Gasteiger partial charge >= 0.3 is 0 Å². The van der Waals surface area contributed by atoms with Gasteiger partial charge in [-0.1, -0.05) is 0 Å². The molecule has 1 atom stereocenters. The predicted octanol–water partition coefficient (Wildman–Crippen LogP) is 2.02. The normalized spacial score (nSPS) is 18.2. The monoisotopic (exact) mass is 255 g/mol. The Morgan fingerprint density at radius 3 is 2.59 bits per heavy atom. The van der Waals surface area contributed by atoms with Gasteiger partial charge in [0.25, 0.3) is 0 Å². The number of amides is 1. The molecule has 5 heteroatoms. The molecule has 0 bridgehead atoms. The van der Waals surface area contributed by atoms with E-state index in [-0.39, 0.29) is 5.91 Å². The molecule has 0 radical (unpaired) electrons. The van der Waals surface area contributed by atoms with E-state index in [0.29, 0.717) is 0 Å². The molecule has 2 heterocycles. The van der Waals surface area contributed by atoms with Crippen LogP contribution in [0.15, 0.2) is 6.20 Å². The highest BCUT2D eigenvalue weighted by Gasteiger charge is 2.27. The van der Waals surface area contributed by atoms with Gasteiger partial charge in [0.1, 0.15) is 5.38 Å². The number of hydrogen-bond acceptors (Lipinski definition) is 2. The van der Waals surface area contributed by atoms with Crippen molar-refractivity contribution in [3.8, 4) is 0 Å². The Labute approximate surface area is 107 Å². The second kappa shape index (κ2) is 5.08. The van der Waals surface area contributed by atoms with Gasteiger partial charge in [-0.2, -0.15) is 5.10 Å². The van der Waals surface area contributed by atoms with Crippen molar-refractivity contribution < 1.29 is 4.79 Å². The van der Waals surface area contributed by atoms with E-state index in [1.54, 1.807) is 4.68 Å². The Bertz CT molecular complexity index is 410. The fourth-order valence-corrected chi connectivity index (χ4v) is 2.63. The van der Waals surface area contributed by atoms with Gasteiger partial charge in [0, 0.05) is 31.9 Å². The van der Waals surface area contributed by atoms with Crippen molar-refractivity contribution in [1.82, 2.24) is 14.7 Å². The zero-order valence-corrected chi connectivity index (χ0v) is 11.1. The van der Waals surface area contributed by atoms with Crippen molar-refractivity contribution in [3.63, 3.8) is 0 Å². The van der Waals surface area contributed by atoms with Gasteiger partial charge in [-0.15, -0.1) is 11.6 Å². The Morgan fingerprint density at radius 1 is 1.41 bits per heavy atom. The van der Waals surface area contributed by atoms with Gasteiger partial charge in [-0.05, 0) is 26.2 Å². The molecular formula is C12H18ClN3O. The Morgan fingerprint density at radius 2 is 2.06 bits per heavy atom. The summed E-state index contributed by atoms with van der Waals surface area (Å²) in [5.74, 6) is 0.0162. The summed E-state index contributed by atoms with van der Waals surface area (Å²) in [4.78, 5) is 14.1. The molecule has 1 fully saturated rings. The molecule has 2 rings (SSSR count). The first-order valence-electron chi connectivity index (χ1n) is 6.02. The molecule has 0 saturated carbocycles. The number of carbonyl (C=O) groups excluding carboxylic acids is 1. The maximum absolute atomic E-state index is 12.2. The molecule has 1 aliphatic heterocycles. The molecule has 0 aliphatic carbocycles. The SMILES string of the molecule is Cc1nn(C)cc1C(Cl)C(=O)N1CCCCC1. The molecule has 1 saturated heterocycles. The predicted molar refractivity (Wildman–Crippen MR) is 67.0 cm³/mol. The first kappa shape index (κ1) is 12.4. The summed E-state index contributed by atoms with van der Waals surface area (Å²) in [6.45, 7) is 3.55. The minimum atomic E-state index is -0.596. The lowest BCUT2D eigenvalue weighted by molar-refractivity contribution is -0.131. The number of nitrogens with zero attached hydrogens (tertiary/aromatic N) is 3. The van der Waals surface area contributed by atoms with E-state index in [1.807, 2.05) is 25.1 Å². The van der Waals surface area contributed by atoms with Crippen molar-refractivity contribution >= 4 is 17.5 Å². The number of rotatable bonds is 2. The van der Waals surface area contributed by atoms with Crippen molar-refractivity contribution in [2.24, 2.45) is 7.05 Å². The zero-order valence-electron chi connectivity index (χ0n) is 10.3. The van der Waals surface area contributed by atoms with Crippen molar-refractivity contribution in [2.75, 3.05) is 13.1 Å². The number of piperidine rings is 1. The molecule has 0 spiro atoms. The van der Waals surface area contributed by atoms with Crippen LogP contribution in [0.5, 0.6) is 0 Å². The van der Waals surface area contributed by atoms with Gasteiger partial charge in [0.05, 0.1) is 5.69 Å². The fourth-order valence-electron chi connectivity index (χ4n) is 2.27. The first-order valence-corrected chi connectivity index (χ1v) is 6.46. The highest BCUT2D eigenvalue weighted by Crippen LogP contribution is 2.26. The molecule has 4 nitrogen and oxygen atoms in total. The smallest absolute Gasteiger partial charge is 0.245 e. The zero-order chi connectivity index (χ0) is 12.4. The van der Waals surface area contributed by atoms with Crippen LogP contribution in [-0.4, -0.2) is 33.7 Å². The van der Waals surface area contributed by atoms with Gasteiger partial charge in [0.2, 0.25) is 5.91 Å². The van der Waals surface area contributed by atoms with E-state index >= 15 is 0 Å². The lowest BCUT2D eigenvalue weighted by Gasteiger charge is -2.28. The molecule has 17 heavy (non-hydrogen) atoms. The summed E-state index contributed by atoms with van der Waals surface area (Å²) in [6.07, 6.45) is 5.21. The molecule has 1 aromatic heterocycles. The Hall–Kier alpha value is -1.03. The minimum absolute atomic E-state index is 0.0162. The van der Waals surface area contributed by atoms with Crippen LogP contribution >= 0.6 is 11.6 Å². The molecule has 1 aliphatic rings. The molecule has 0 N–H and O–H groups in total. The third-order valence-corrected chi connectivity index (χ3v) is 3.63. The second-order valence-electron chi connectivity index (χ2n) is 4.59. The van der Waals surface area contributed by atoms with Crippen LogP contribution < -0.4 is 0 Å². The number of likely N-dealkylation sites (tertiary alicyclic amines) is 1. The van der Waals surface area contributed by atoms with E-state index in [2.05, 4.69) is 5.10 Å². The van der Waals surface area contributed by atoms with Crippen LogP contribution in [0.4, 0.5) is 0 Å². The number of alkyl halides is 1. The summed E-state index contributed by atoms with van der Waals surface area (Å²) in [5.41, 5.74) is 1.66. The van der Waals surface area contributed by atoms with Crippen molar-refractivity contribution in [1.29, 1.82) is 0 Å².